The van der Waals surface area contributed by atoms with Gasteiger partial charge in [0.05, 0.1) is 5.69 Å². The molecule has 2 atom stereocenters. The monoisotopic (exact) mass is 202 g/mol. The predicted molar refractivity (Wildman–Crippen MR) is 59.1 cm³/mol. The van der Waals surface area contributed by atoms with E-state index in [1.165, 1.54) is 6.42 Å². The second-order valence-corrected chi connectivity index (χ2v) is 4.29. The fraction of sp³-hybridized carbons (Fsp3) is 0.417. The fourth-order valence-electron chi connectivity index (χ4n) is 2.64. The highest BCUT2D eigenvalue weighted by atomic mass is 16.5. The van der Waals surface area contributed by atoms with Gasteiger partial charge >= 0.3 is 0 Å². The van der Waals surface area contributed by atoms with Gasteiger partial charge in [0.2, 0.25) is 0 Å². The Balaban J connectivity index is 2.15. The summed E-state index contributed by atoms with van der Waals surface area (Å²) in [7, 11) is 0. The summed E-state index contributed by atoms with van der Waals surface area (Å²) in [6.45, 7) is 3.94. The zero-order valence-corrected chi connectivity index (χ0v) is 8.57. The molecule has 0 unspecified atom stereocenters. The molecule has 1 aliphatic carbocycles. The third-order valence-electron chi connectivity index (χ3n) is 3.34. The Kier molecular flexibility index (Phi) is 1.75. The Morgan fingerprint density at radius 1 is 1.40 bits per heavy atom. The van der Waals surface area contributed by atoms with Crippen LogP contribution in [-0.4, -0.2) is 11.1 Å². The van der Waals surface area contributed by atoms with Crippen molar-refractivity contribution in [2.24, 2.45) is 0 Å². The van der Waals surface area contributed by atoms with Crippen molar-refractivity contribution in [1.82, 2.24) is 4.98 Å². The van der Waals surface area contributed by atoms with Crippen LogP contribution in [0.25, 0.3) is 5.76 Å². The average molecular weight is 202 g/mol. The van der Waals surface area contributed by atoms with Crippen LogP contribution in [0.3, 0.4) is 0 Å². The van der Waals surface area contributed by atoms with Crippen molar-refractivity contribution in [2.75, 3.05) is 5.73 Å². The fourth-order valence-corrected chi connectivity index (χ4v) is 2.64. The van der Waals surface area contributed by atoms with Gasteiger partial charge in [-0.3, -0.25) is 0 Å². The van der Waals surface area contributed by atoms with E-state index in [0.717, 1.165) is 29.9 Å². The molecule has 1 saturated carbocycles. The van der Waals surface area contributed by atoms with E-state index in [9.17, 15) is 0 Å². The third kappa shape index (κ3) is 1.23. The van der Waals surface area contributed by atoms with Crippen molar-refractivity contribution in [1.29, 1.82) is 0 Å². The first-order chi connectivity index (χ1) is 7.25. The van der Waals surface area contributed by atoms with Gasteiger partial charge in [0, 0.05) is 11.5 Å². The molecule has 1 aromatic heterocycles. The van der Waals surface area contributed by atoms with E-state index >= 15 is 0 Å². The Morgan fingerprint density at radius 2 is 2.27 bits per heavy atom. The molecule has 3 nitrogen and oxygen atoms in total. The number of hydrogen-bond acceptors (Lipinski definition) is 3. The molecular formula is C12H14N2O. The van der Waals surface area contributed by atoms with Crippen LogP contribution >= 0.6 is 0 Å². The molecule has 0 bridgehead atoms. The van der Waals surface area contributed by atoms with Gasteiger partial charge in [0.25, 0.3) is 0 Å². The van der Waals surface area contributed by atoms with Crippen LogP contribution in [0, 0.1) is 0 Å². The zero-order chi connectivity index (χ0) is 10.4. The molecular weight excluding hydrogens is 188 g/mol. The number of nitrogens with zero attached hydrogens (tertiary/aromatic N) is 1. The number of hydrogen-bond donors (Lipinski definition) is 1. The smallest absolute Gasteiger partial charge is 0.123 e. The van der Waals surface area contributed by atoms with Gasteiger partial charge in [-0.15, -0.1) is 0 Å². The molecule has 1 fully saturated rings. The molecule has 2 aliphatic rings. The zero-order valence-electron chi connectivity index (χ0n) is 8.57. The van der Waals surface area contributed by atoms with Crippen LogP contribution < -0.4 is 5.73 Å². The highest BCUT2D eigenvalue weighted by molar-refractivity contribution is 5.64. The van der Waals surface area contributed by atoms with Crippen molar-refractivity contribution < 1.29 is 4.74 Å². The van der Waals surface area contributed by atoms with Crippen LogP contribution in [-0.2, 0) is 4.74 Å². The molecule has 0 spiro atoms. The summed E-state index contributed by atoms with van der Waals surface area (Å²) in [4.78, 5) is 4.44. The van der Waals surface area contributed by atoms with Gasteiger partial charge in [0.1, 0.15) is 17.7 Å². The predicted octanol–water partition coefficient (Wildman–Crippen LogP) is 2.30. The first kappa shape index (κ1) is 8.77. The molecule has 2 heterocycles. The lowest BCUT2D eigenvalue weighted by atomic mass is 9.93. The third-order valence-corrected chi connectivity index (χ3v) is 3.34. The summed E-state index contributed by atoms with van der Waals surface area (Å²) < 4.78 is 5.80. The summed E-state index contributed by atoms with van der Waals surface area (Å²) in [6.07, 6.45) is 3.75. The Hall–Kier alpha value is -1.51. The lowest BCUT2D eigenvalue weighted by Crippen LogP contribution is -2.23. The average Bonchev–Trinajstić information content (AvgIpc) is 2.65. The van der Waals surface area contributed by atoms with Gasteiger partial charge in [0.15, 0.2) is 0 Å². The van der Waals surface area contributed by atoms with E-state index in [2.05, 4.69) is 11.6 Å². The minimum absolute atomic E-state index is 0.277. The lowest BCUT2D eigenvalue weighted by Gasteiger charge is -2.29. The first-order valence-corrected chi connectivity index (χ1v) is 5.38. The minimum atomic E-state index is 0.277. The van der Waals surface area contributed by atoms with E-state index in [1.807, 2.05) is 12.1 Å². The topological polar surface area (TPSA) is 48.1 Å². The highest BCUT2D eigenvalue weighted by Crippen LogP contribution is 2.44. The molecule has 78 valence electrons. The second kappa shape index (κ2) is 2.99. The Bertz CT molecular complexity index is 428. The normalized spacial score (nSPS) is 28.1. The molecule has 0 radical (unpaired) electrons. The summed E-state index contributed by atoms with van der Waals surface area (Å²) in [5.41, 5.74) is 7.85. The van der Waals surface area contributed by atoms with Crippen LogP contribution in [0.2, 0.25) is 0 Å². The Labute approximate surface area is 89.0 Å². The van der Waals surface area contributed by atoms with E-state index in [0.29, 0.717) is 11.7 Å². The summed E-state index contributed by atoms with van der Waals surface area (Å²) >= 11 is 0. The number of fused-ring (bicyclic) bond motifs is 3. The van der Waals surface area contributed by atoms with Gasteiger partial charge in [-0.05, 0) is 31.4 Å². The first-order valence-electron chi connectivity index (χ1n) is 5.38. The number of nitrogen functional groups attached to an aromatic ring is 1. The molecule has 0 saturated heterocycles. The van der Waals surface area contributed by atoms with Crippen LogP contribution in [0.5, 0.6) is 0 Å². The summed E-state index contributed by atoms with van der Waals surface area (Å²) in [6, 6.07) is 3.77. The van der Waals surface area contributed by atoms with E-state index in [4.69, 9.17) is 10.5 Å². The van der Waals surface area contributed by atoms with Crippen LogP contribution in [0.15, 0.2) is 18.7 Å². The second-order valence-electron chi connectivity index (χ2n) is 4.29. The molecule has 15 heavy (non-hydrogen) atoms. The number of aromatic nitrogens is 1. The Morgan fingerprint density at radius 3 is 3.13 bits per heavy atom. The quantitative estimate of drug-likeness (QED) is 0.702. The SMILES string of the molecule is C=C1O[C@H]2CCC[C@H]2c2nc(N)ccc21. The minimum Gasteiger partial charge on any atom is -0.490 e. The molecule has 1 aliphatic heterocycles. The van der Waals surface area contributed by atoms with Crippen molar-refractivity contribution >= 4 is 11.6 Å². The number of pyridine rings is 1. The number of anilines is 1. The summed E-state index contributed by atoms with van der Waals surface area (Å²) in [5, 5.41) is 0. The van der Waals surface area contributed by atoms with E-state index in [1.54, 1.807) is 0 Å². The maximum Gasteiger partial charge on any atom is 0.123 e. The van der Waals surface area contributed by atoms with Crippen molar-refractivity contribution in [3.05, 3.63) is 30.0 Å². The van der Waals surface area contributed by atoms with E-state index in [-0.39, 0.29) is 6.10 Å². The number of nitrogens with two attached hydrogens (primary N) is 1. The lowest BCUT2D eigenvalue weighted by molar-refractivity contribution is 0.144. The molecule has 1 aromatic rings. The summed E-state index contributed by atoms with van der Waals surface area (Å²) in [5.74, 6) is 1.77. The van der Waals surface area contributed by atoms with Crippen molar-refractivity contribution in [2.45, 2.75) is 31.3 Å². The highest BCUT2D eigenvalue weighted by Gasteiger charge is 2.37. The van der Waals surface area contributed by atoms with Crippen molar-refractivity contribution in [3.63, 3.8) is 0 Å². The van der Waals surface area contributed by atoms with E-state index < -0.39 is 0 Å². The van der Waals surface area contributed by atoms with Gasteiger partial charge in [-0.1, -0.05) is 6.58 Å². The van der Waals surface area contributed by atoms with Crippen LogP contribution in [0.4, 0.5) is 5.82 Å². The van der Waals surface area contributed by atoms with Gasteiger partial charge in [-0.2, -0.15) is 0 Å². The largest absolute Gasteiger partial charge is 0.490 e. The number of rotatable bonds is 0. The molecule has 3 rings (SSSR count). The molecule has 0 aromatic carbocycles. The maximum absolute atomic E-state index is 5.80. The van der Waals surface area contributed by atoms with Gasteiger partial charge < -0.3 is 10.5 Å². The standard InChI is InChI=1S/C12H14N2O/c1-7-8-5-6-11(13)14-12(8)9-3-2-4-10(9)15-7/h5-6,9-10H,1-4H2,(H2,13,14)/t9-,10+/m1/s1. The molecule has 2 N–H and O–H groups in total. The molecule has 3 heteroatoms. The number of ether oxygens (including phenoxy) is 1. The molecule has 0 amide bonds. The van der Waals surface area contributed by atoms with Crippen LogP contribution in [0.1, 0.15) is 36.4 Å². The maximum atomic E-state index is 5.80. The van der Waals surface area contributed by atoms with Crippen molar-refractivity contribution in [3.8, 4) is 0 Å². The van der Waals surface area contributed by atoms with Gasteiger partial charge in [-0.25, -0.2) is 4.98 Å².